The largest absolute Gasteiger partial charge is 0.497 e. The summed E-state index contributed by atoms with van der Waals surface area (Å²) in [4.78, 5) is 2.33. The van der Waals surface area contributed by atoms with Crippen LogP contribution in [0.25, 0.3) is 0 Å². The predicted octanol–water partition coefficient (Wildman–Crippen LogP) is 3.06. The van der Waals surface area contributed by atoms with Gasteiger partial charge in [0, 0.05) is 30.4 Å². The molecule has 3 heteroatoms. The lowest BCUT2D eigenvalue weighted by Crippen LogP contribution is -2.40. The first-order chi connectivity index (χ1) is 8.38. The lowest BCUT2D eigenvalue weighted by Gasteiger charge is -2.35. The van der Waals surface area contributed by atoms with Crippen LogP contribution in [0.15, 0.2) is 30.9 Å². The van der Waals surface area contributed by atoms with E-state index in [-0.39, 0.29) is 5.54 Å². The Morgan fingerprint density at radius 1 is 1.39 bits per heavy atom. The molecule has 0 aliphatic rings. The number of nitrogens with two attached hydrogens (primary N) is 1. The van der Waals surface area contributed by atoms with Gasteiger partial charge in [0.05, 0.1) is 7.11 Å². The quantitative estimate of drug-likeness (QED) is 0.643. The molecule has 0 unspecified atom stereocenters. The Balaban J connectivity index is 2.90. The van der Waals surface area contributed by atoms with Gasteiger partial charge in [0.1, 0.15) is 5.75 Å². The molecule has 0 fully saturated rings. The molecule has 0 aliphatic carbocycles. The molecular weight excluding hydrogens is 224 g/mol. The van der Waals surface area contributed by atoms with Gasteiger partial charge >= 0.3 is 0 Å². The Morgan fingerprint density at radius 3 is 2.50 bits per heavy atom. The molecule has 1 aromatic rings. The van der Waals surface area contributed by atoms with E-state index in [0.29, 0.717) is 0 Å². The first-order valence-electron chi connectivity index (χ1n) is 6.17. The van der Waals surface area contributed by atoms with Crippen molar-refractivity contribution in [1.82, 2.24) is 4.90 Å². The third-order valence-electron chi connectivity index (χ3n) is 3.01. The van der Waals surface area contributed by atoms with Crippen LogP contribution in [0.1, 0.15) is 26.3 Å². The normalized spacial score (nSPS) is 11.6. The Labute approximate surface area is 110 Å². The minimum atomic E-state index is 0.0839. The van der Waals surface area contributed by atoms with Gasteiger partial charge < -0.3 is 10.5 Å². The average Bonchev–Trinajstić information content (AvgIpc) is 2.29. The van der Waals surface area contributed by atoms with Crippen molar-refractivity contribution in [2.45, 2.75) is 32.9 Å². The maximum atomic E-state index is 6.05. The third-order valence-corrected chi connectivity index (χ3v) is 3.01. The summed E-state index contributed by atoms with van der Waals surface area (Å²) in [5, 5.41) is 0. The van der Waals surface area contributed by atoms with Crippen LogP contribution in [0.5, 0.6) is 5.75 Å². The Morgan fingerprint density at radius 2 is 2.06 bits per heavy atom. The zero-order valence-electron chi connectivity index (χ0n) is 11.9. The topological polar surface area (TPSA) is 38.5 Å². The van der Waals surface area contributed by atoms with Crippen molar-refractivity contribution in [3.8, 4) is 5.75 Å². The van der Waals surface area contributed by atoms with Gasteiger partial charge in [0.15, 0.2) is 0 Å². The van der Waals surface area contributed by atoms with E-state index in [1.807, 2.05) is 24.3 Å². The van der Waals surface area contributed by atoms with E-state index in [9.17, 15) is 0 Å². The van der Waals surface area contributed by atoms with Crippen LogP contribution in [-0.2, 0) is 6.54 Å². The number of nitrogens with zero attached hydrogens (tertiary/aromatic N) is 1. The molecule has 0 aliphatic heterocycles. The van der Waals surface area contributed by atoms with Crippen molar-refractivity contribution >= 4 is 5.69 Å². The van der Waals surface area contributed by atoms with Gasteiger partial charge in [-0.15, -0.1) is 6.58 Å². The van der Waals surface area contributed by atoms with Gasteiger partial charge in [-0.05, 0) is 32.4 Å². The maximum absolute atomic E-state index is 6.05. The highest BCUT2D eigenvalue weighted by Crippen LogP contribution is 2.24. The molecule has 1 aromatic carbocycles. The molecule has 0 bridgehead atoms. The van der Waals surface area contributed by atoms with Crippen LogP contribution in [0, 0.1) is 0 Å². The summed E-state index contributed by atoms with van der Waals surface area (Å²) in [7, 11) is 1.65. The third kappa shape index (κ3) is 3.77. The number of methoxy groups -OCH3 is 1. The smallest absolute Gasteiger partial charge is 0.120 e. The van der Waals surface area contributed by atoms with E-state index in [4.69, 9.17) is 10.5 Å². The molecule has 100 valence electrons. The van der Waals surface area contributed by atoms with Crippen molar-refractivity contribution in [2.24, 2.45) is 0 Å². The molecule has 2 N–H and O–H groups in total. The molecule has 1 rings (SSSR count). The minimum Gasteiger partial charge on any atom is -0.497 e. The second-order valence-corrected chi connectivity index (χ2v) is 5.40. The second kappa shape index (κ2) is 5.91. The average molecular weight is 248 g/mol. The van der Waals surface area contributed by atoms with Crippen LogP contribution >= 0.6 is 0 Å². The highest BCUT2D eigenvalue weighted by atomic mass is 16.5. The number of ether oxygens (including phenoxy) is 1. The molecular formula is C15H24N2O. The molecule has 18 heavy (non-hydrogen) atoms. The monoisotopic (exact) mass is 248 g/mol. The van der Waals surface area contributed by atoms with Crippen molar-refractivity contribution < 1.29 is 4.74 Å². The van der Waals surface area contributed by atoms with E-state index in [1.165, 1.54) is 0 Å². The fraction of sp³-hybridized carbons (Fsp3) is 0.467. The summed E-state index contributed by atoms with van der Waals surface area (Å²) in [6, 6.07) is 5.83. The lowest BCUT2D eigenvalue weighted by atomic mass is 10.0. The summed E-state index contributed by atoms with van der Waals surface area (Å²) < 4.78 is 5.16. The van der Waals surface area contributed by atoms with Gasteiger partial charge in [-0.1, -0.05) is 12.1 Å². The van der Waals surface area contributed by atoms with Gasteiger partial charge in [-0.2, -0.15) is 0 Å². The van der Waals surface area contributed by atoms with E-state index in [2.05, 4.69) is 32.3 Å². The summed E-state index contributed by atoms with van der Waals surface area (Å²) in [6.45, 7) is 12.0. The molecule has 0 spiro atoms. The fourth-order valence-corrected chi connectivity index (χ4v) is 1.78. The zero-order valence-corrected chi connectivity index (χ0v) is 11.9. The van der Waals surface area contributed by atoms with Crippen molar-refractivity contribution in [2.75, 3.05) is 19.4 Å². The van der Waals surface area contributed by atoms with Gasteiger partial charge in [-0.3, -0.25) is 4.90 Å². The van der Waals surface area contributed by atoms with Crippen molar-refractivity contribution in [1.29, 1.82) is 0 Å². The molecule has 0 saturated carbocycles. The number of rotatable bonds is 5. The number of nitrogen functional groups attached to an aromatic ring is 1. The molecule has 0 amide bonds. The van der Waals surface area contributed by atoms with E-state index in [0.717, 1.165) is 30.1 Å². The number of hydrogen-bond donors (Lipinski definition) is 1. The van der Waals surface area contributed by atoms with Crippen LogP contribution in [-0.4, -0.2) is 24.1 Å². The van der Waals surface area contributed by atoms with Crippen LogP contribution in [0.2, 0.25) is 0 Å². The zero-order chi connectivity index (χ0) is 13.8. The van der Waals surface area contributed by atoms with Gasteiger partial charge in [0.2, 0.25) is 0 Å². The molecule has 0 aromatic heterocycles. The summed E-state index contributed by atoms with van der Waals surface area (Å²) in [5.41, 5.74) is 8.03. The molecule has 0 saturated heterocycles. The maximum Gasteiger partial charge on any atom is 0.120 e. The van der Waals surface area contributed by atoms with E-state index < -0.39 is 0 Å². The van der Waals surface area contributed by atoms with E-state index >= 15 is 0 Å². The first kappa shape index (κ1) is 14.6. The second-order valence-electron chi connectivity index (χ2n) is 5.40. The predicted molar refractivity (Wildman–Crippen MR) is 77.8 cm³/mol. The molecule has 0 radical (unpaired) electrons. The summed E-state index contributed by atoms with van der Waals surface area (Å²) in [6.07, 6.45) is 1.92. The highest BCUT2D eigenvalue weighted by molar-refractivity contribution is 5.51. The van der Waals surface area contributed by atoms with Crippen molar-refractivity contribution in [3.05, 3.63) is 36.4 Å². The molecule has 0 heterocycles. The van der Waals surface area contributed by atoms with Crippen LogP contribution in [0.3, 0.4) is 0 Å². The first-order valence-corrected chi connectivity index (χ1v) is 6.17. The number of benzene rings is 1. The van der Waals surface area contributed by atoms with Crippen molar-refractivity contribution in [3.63, 3.8) is 0 Å². The van der Waals surface area contributed by atoms with Gasteiger partial charge in [-0.25, -0.2) is 0 Å². The fourth-order valence-electron chi connectivity index (χ4n) is 1.78. The minimum absolute atomic E-state index is 0.0839. The summed E-state index contributed by atoms with van der Waals surface area (Å²) in [5.74, 6) is 0.794. The Kier molecular flexibility index (Phi) is 4.79. The van der Waals surface area contributed by atoms with Crippen LogP contribution < -0.4 is 10.5 Å². The lowest BCUT2D eigenvalue weighted by molar-refractivity contribution is 0.145. The Bertz CT molecular complexity index is 407. The standard InChI is InChI=1S/C15H24N2O/c1-6-9-17(15(2,3)4)11-12-7-8-13(18-5)10-14(12)16/h6-8,10H,1,9,11,16H2,2-5H3. The van der Waals surface area contributed by atoms with Crippen LogP contribution in [0.4, 0.5) is 5.69 Å². The Hall–Kier alpha value is -1.48. The SMILES string of the molecule is C=CCN(Cc1ccc(OC)cc1N)C(C)(C)C. The van der Waals surface area contributed by atoms with Gasteiger partial charge in [0.25, 0.3) is 0 Å². The molecule has 0 atom stereocenters. The summed E-state index contributed by atoms with van der Waals surface area (Å²) >= 11 is 0. The molecule has 3 nitrogen and oxygen atoms in total. The van der Waals surface area contributed by atoms with E-state index in [1.54, 1.807) is 7.11 Å². The number of anilines is 1. The highest BCUT2D eigenvalue weighted by Gasteiger charge is 2.20. The number of hydrogen-bond acceptors (Lipinski definition) is 3.